The van der Waals surface area contributed by atoms with E-state index in [-0.39, 0.29) is 11.2 Å². The summed E-state index contributed by atoms with van der Waals surface area (Å²) >= 11 is 9.34. The molecule has 0 saturated carbocycles. The zero-order valence-corrected chi connectivity index (χ0v) is 13.2. The van der Waals surface area contributed by atoms with Crippen LogP contribution in [-0.4, -0.2) is 9.97 Å². The van der Waals surface area contributed by atoms with Crippen LogP contribution in [0.3, 0.4) is 0 Å². The first-order chi connectivity index (χ1) is 8.77. The number of hydrogen-bond donors (Lipinski definition) is 0. The predicted molar refractivity (Wildman–Crippen MR) is 78.8 cm³/mol. The fourth-order valence-corrected chi connectivity index (χ4v) is 2.13. The van der Waals surface area contributed by atoms with Crippen molar-refractivity contribution in [3.8, 4) is 11.3 Å². The molecule has 0 aliphatic rings. The maximum atomic E-state index is 13.9. The SMILES string of the molecule is CC(C)(C)c1nc(Cl)cc(-c2cc(Br)ccc2F)n1. The van der Waals surface area contributed by atoms with Gasteiger partial charge in [0, 0.05) is 21.5 Å². The fraction of sp³-hybridized carbons (Fsp3) is 0.286. The highest BCUT2D eigenvalue weighted by Crippen LogP contribution is 2.28. The van der Waals surface area contributed by atoms with Gasteiger partial charge in [-0.1, -0.05) is 48.3 Å². The monoisotopic (exact) mass is 342 g/mol. The topological polar surface area (TPSA) is 25.8 Å². The first-order valence-corrected chi connectivity index (χ1v) is 6.95. The highest BCUT2D eigenvalue weighted by Gasteiger charge is 2.20. The minimum atomic E-state index is -0.335. The Labute approximate surface area is 125 Å². The molecule has 0 atom stereocenters. The molecule has 19 heavy (non-hydrogen) atoms. The molecular weight excluding hydrogens is 331 g/mol. The lowest BCUT2D eigenvalue weighted by atomic mass is 9.95. The van der Waals surface area contributed by atoms with Gasteiger partial charge in [0.25, 0.3) is 0 Å². The average molecular weight is 344 g/mol. The van der Waals surface area contributed by atoms with E-state index in [1.807, 2.05) is 20.8 Å². The molecule has 0 spiro atoms. The van der Waals surface area contributed by atoms with Gasteiger partial charge < -0.3 is 0 Å². The van der Waals surface area contributed by atoms with Crippen LogP contribution in [0.1, 0.15) is 26.6 Å². The molecule has 2 nitrogen and oxygen atoms in total. The molecule has 2 aromatic rings. The normalized spacial score (nSPS) is 11.7. The van der Waals surface area contributed by atoms with Gasteiger partial charge in [-0.15, -0.1) is 0 Å². The summed E-state index contributed by atoms with van der Waals surface area (Å²) in [5, 5.41) is 0.314. The number of benzene rings is 1. The Hall–Kier alpha value is -1.00. The fourth-order valence-electron chi connectivity index (χ4n) is 1.58. The molecular formula is C14H13BrClFN2. The van der Waals surface area contributed by atoms with Crippen molar-refractivity contribution in [2.24, 2.45) is 0 Å². The number of hydrogen-bond acceptors (Lipinski definition) is 2. The second kappa shape index (κ2) is 5.17. The van der Waals surface area contributed by atoms with Crippen LogP contribution in [0.15, 0.2) is 28.7 Å². The smallest absolute Gasteiger partial charge is 0.136 e. The van der Waals surface area contributed by atoms with Gasteiger partial charge in [-0.3, -0.25) is 0 Å². The standard InChI is InChI=1S/C14H13BrClFN2/c1-14(2,3)13-18-11(7-12(16)19-13)9-6-8(15)4-5-10(9)17/h4-7H,1-3H3. The van der Waals surface area contributed by atoms with Crippen LogP contribution in [0.2, 0.25) is 5.15 Å². The number of aromatic nitrogens is 2. The van der Waals surface area contributed by atoms with E-state index in [9.17, 15) is 4.39 Å². The Bertz CT molecular complexity index is 623. The largest absolute Gasteiger partial charge is 0.232 e. The molecule has 1 aromatic carbocycles. The van der Waals surface area contributed by atoms with Crippen molar-refractivity contribution in [1.82, 2.24) is 9.97 Å². The lowest BCUT2D eigenvalue weighted by Gasteiger charge is -2.17. The molecule has 0 unspecified atom stereocenters. The third kappa shape index (κ3) is 3.31. The summed E-state index contributed by atoms with van der Waals surface area (Å²) in [7, 11) is 0. The third-order valence-electron chi connectivity index (χ3n) is 2.57. The van der Waals surface area contributed by atoms with E-state index in [0.29, 0.717) is 22.2 Å². The van der Waals surface area contributed by atoms with Gasteiger partial charge in [-0.05, 0) is 18.2 Å². The van der Waals surface area contributed by atoms with Crippen LogP contribution in [-0.2, 0) is 5.41 Å². The maximum absolute atomic E-state index is 13.9. The number of rotatable bonds is 1. The van der Waals surface area contributed by atoms with E-state index in [1.54, 1.807) is 18.2 Å². The van der Waals surface area contributed by atoms with E-state index in [1.165, 1.54) is 6.07 Å². The summed E-state index contributed by atoms with van der Waals surface area (Å²) in [6.07, 6.45) is 0. The van der Waals surface area contributed by atoms with Crippen molar-refractivity contribution >= 4 is 27.5 Å². The Balaban J connectivity index is 2.63. The minimum absolute atomic E-state index is 0.248. The molecule has 0 N–H and O–H groups in total. The van der Waals surface area contributed by atoms with Crippen molar-refractivity contribution < 1.29 is 4.39 Å². The zero-order valence-electron chi connectivity index (χ0n) is 10.8. The van der Waals surface area contributed by atoms with Gasteiger partial charge in [0.15, 0.2) is 0 Å². The van der Waals surface area contributed by atoms with Crippen molar-refractivity contribution in [1.29, 1.82) is 0 Å². The molecule has 0 bridgehead atoms. The molecule has 5 heteroatoms. The number of nitrogens with zero attached hydrogens (tertiary/aromatic N) is 2. The van der Waals surface area contributed by atoms with Crippen LogP contribution in [0, 0.1) is 5.82 Å². The second-order valence-electron chi connectivity index (χ2n) is 5.27. The maximum Gasteiger partial charge on any atom is 0.136 e. The second-order valence-corrected chi connectivity index (χ2v) is 6.58. The lowest BCUT2D eigenvalue weighted by Crippen LogP contribution is -2.16. The van der Waals surface area contributed by atoms with E-state index in [2.05, 4.69) is 25.9 Å². The van der Waals surface area contributed by atoms with Gasteiger partial charge in [0.1, 0.15) is 16.8 Å². The van der Waals surface area contributed by atoms with Crippen LogP contribution < -0.4 is 0 Å². The van der Waals surface area contributed by atoms with E-state index in [4.69, 9.17) is 11.6 Å². The lowest BCUT2D eigenvalue weighted by molar-refractivity contribution is 0.545. The number of halogens is 3. The Morgan fingerprint density at radius 2 is 1.84 bits per heavy atom. The van der Waals surface area contributed by atoms with Crippen molar-refractivity contribution in [3.05, 3.63) is 45.5 Å². The van der Waals surface area contributed by atoms with Crippen molar-refractivity contribution in [2.45, 2.75) is 26.2 Å². The zero-order chi connectivity index (χ0) is 14.2. The molecule has 0 aliphatic heterocycles. The summed E-state index contributed by atoms with van der Waals surface area (Å²) < 4.78 is 14.7. The molecule has 100 valence electrons. The molecule has 0 aliphatic carbocycles. The Kier molecular flexibility index (Phi) is 3.92. The molecule has 2 rings (SSSR count). The summed E-state index contributed by atoms with van der Waals surface area (Å²) in [5.41, 5.74) is 0.648. The van der Waals surface area contributed by atoms with Crippen LogP contribution >= 0.6 is 27.5 Å². The Morgan fingerprint density at radius 3 is 2.47 bits per heavy atom. The quantitative estimate of drug-likeness (QED) is 0.681. The molecule has 0 fully saturated rings. The predicted octanol–water partition coefficient (Wildman–Crippen LogP) is 5.00. The van der Waals surface area contributed by atoms with E-state index in [0.717, 1.165) is 4.47 Å². The molecule has 0 radical (unpaired) electrons. The summed E-state index contributed by atoms with van der Waals surface area (Å²) in [6.45, 7) is 5.96. The van der Waals surface area contributed by atoms with Crippen molar-refractivity contribution in [2.75, 3.05) is 0 Å². The highest BCUT2D eigenvalue weighted by atomic mass is 79.9. The van der Waals surface area contributed by atoms with Gasteiger partial charge in [0.05, 0.1) is 5.69 Å². The van der Waals surface area contributed by atoms with Crippen molar-refractivity contribution in [3.63, 3.8) is 0 Å². The average Bonchev–Trinajstić information content (AvgIpc) is 2.30. The molecule has 1 aromatic heterocycles. The molecule has 0 saturated heterocycles. The van der Waals surface area contributed by atoms with Gasteiger partial charge >= 0.3 is 0 Å². The Morgan fingerprint density at radius 1 is 1.16 bits per heavy atom. The van der Waals surface area contributed by atoms with E-state index < -0.39 is 0 Å². The highest BCUT2D eigenvalue weighted by molar-refractivity contribution is 9.10. The third-order valence-corrected chi connectivity index (χ3v) is 3.26. The van der Waals surface area contributed by atoms with Crippen LogP contribution in [0.4, 0.5) is 4.39 Å². The van der Waals surface area contributed by atoms with Gasteiger partial charge in [0.2, 0.25) is 0 Å². The minimum Gasteiger partial charge on any atom is -0.232 e. The summed E-state index contributed by atoms with van der Waals surface area (Å²) in [5.74, 6) is 0.257. The van der Waals surface area contributed by atoms with E-state index >= 15 is 0 Å². The first kappa shape index (κ1) is 14.4. The van der Waals surface area contributed by atoms with Gasteiger partial charge in [-0.2, -0.15) is 0 Å². The van der Waals surface area contributed by atoms with Gasteiger partial charge in [-0.25, -0.2) is 14.4 Å². The molecule has 1 heterocycles. The van der Waals surface area contributed by atoms with Crippen LogP contribution in [0.5, 0.6) is 0 Å². The first-order valence-electron chi connectivity index (χ1n) is 5.78. The summed E-state index contributed by atoms with van der Waals surface area (Å²) in [4.78, 5) is 8.62. The van der Waals surface area contributed by atoms with Crippen LogP contribution in [0.25, 0.3) is 11.3 Å². The molecule has 0 amide bonds. The summed E-state index contributed by atoms with van der Waals surface area (Å²) in [6, 6.07) is 6.29.